The van der Waals surface area contributed by atoms with Gasteiger partial charge in [0.05, 0.1) is 30.5 Å². The van der Waals surface area contributed by atoms with Crippen molar-refractivity contribution in [1.82, 2.24) is 4.90 Å². The molecule has 1 aromatic rings. The Balaban J connectivity index is 1.80. The monoisotopic (exact) mass is 494 g/mol. The van der Waals surface area contributed by atoms with Crippen molar-refractivity contribution < 1.29 is 32.2 Å². The number of hydrogen-bond acceptors (Lipinski definition) is 4. The lowest BCUT2D eigenvalue weighted by atomic mass is 9.85. The zero-order valence-electron chi connectivity index (χ0n) is 20.4. The quantitative estimate of drug-likeness (QED) is 0.427. The van der Waals surface area contributed by atoms with Crippen LogP contribution in [0.15, 0.2) is 30.4 Å². The zero-order valence-corrected chi connectivity index (χ0v) is 20.4. The molecule has 2 aliphatic carbocycles. The molecule has 1 fully saturated rings. The van der Waals surface area contributed by atoms with Crippen molar-refractivity contribution in [3.63, 3.8) is 0 Å². The van der Waals surface area contributed by atoms with E-state index < -0.39 is 30.0 Å². The van der Waals surface area contributed by atoms with Crippen LogP contribution in [0.1, 0.15) is 69.5 Å². The van der Waals surface area contributed by atoms with Crippen molar-refractivity contribution in [2.24, 2.45) is 11.8 Å². The molecule has 35 heavy (non-hydrogen) atoms. The van der Waals surface area contributed by atoms with Gasteiger partial charge in [0.25, 0.3) is 0 Å². The molecule has 0 radical (unpaired) electrons. The third-order valence-corrected chi connectivity index (χ3v) is 7.09. The molecule has 3 aliphatic rings. The highest BCUT2D eigenvalue weighted by molar-refractivity contribution is 5.91. The fraction of sp³-hybridized carbons (Fsp3) is 0.615. The maximum absolute atomic E-state index is 13.7. The molecule has 0 N–H and O–H groups in total. The summed E-state index contributed by atoms with van der Waals surface area (Å²) >= 11 is 0. The lowest BCUT2D eigenvalue weighted by Crippen LogP contribution is -2.51. The SMILES string of the molecule is COC(=O)N(CC1CC=CCC1)[C@H]1C[C@@H](C2CC2)N(C(=O)OC(C)C)c2ccc(C(F)(F)F)cc21. The summed E-state index contributed by atoms with van der Waals surface area (Å²) in [5, 5.41) is 0. The largest absolute Gasteiger partial charge is 0.453 e. The maximum Gasteiger partial charge on any atom is 0.416 e. The number of amides is 2. The molecule has 192 valence electrons. The summed E-state index contributed by atoms with van der Waals surface area (Å²) < 4.78 is 51.7. The molecular weight excluding hydrogens is 461 g/mol. The van der Waals surface area contributed by atoms with E-state index in [1.165, 1.54) is 18.1 Å². The van der Waals surface area contributed by atoms with Crippen molar-refractivity contribution in [3.05, 3.63) is 41.5 Å². The standard InChI is InChI=1S/C26H33F3N2O4/c1-16(2)35-25(33)31-21-12-11-19(26(27,28)29)13-20(21)23(14-22(31)18-9-10-18)30(24(32)34-3)15-17-7-5-4-6-8-17/h4-5,11-13,16-18,22-23H,6-10,14-15H2,1-3H3/t17?,22-,23-/m0/s1. The van der Waals surface area contributed by atoms with Gasteiger partial charge in [-0.1, -0.05) is 12.2 Å². The second kappa shape index (κ2) is 10.1. The summed E-state index contributed by atoms with van der Waals surface area (Å²) in [4.78, 5) is 29.2. The van der Waals surface area contributed by atoms with Crippen LogP contribution in [0.4, 0.5) is 28.4 Å². The number of halogens is 3. The predicted octanol–water partition coefficient (Wildman–Crippen LogP) is 6.70. The van der Waals surface area contributed by atoms with Gasteiger partial charge >= 0.3 is 18.4 Å². The Labute approximate surface area is 204 Å². The van der Waals surface area contributed by atoms with E-state index in [0.717, 1.165) is 44.2 Å². The number of benzene rings is 1. The Morgan fingerprint density at radius 1 is 1.17 bits per heavy atom. The van der Waals surface area contributed by atoms with Crippen LogP contribution in [0.2, 0.25) is 0 Å². The van der Waals surface area contributed by atoms with Gasteiger partial charge in [-0.05, 0) is 88.0 Å². The van der Waals surface area contributed by atoms with Crippen LogP contribution in [0.25, 0.3) is 0 Å². The Morgan fingerprint density at radius 2 is 1.91 bits per heavy atom. The van der Waals surface area contributed by atoms with E-state index in [2.05, 4.69) is 12.2 Å². The first-order valence-electron chi connectivity index (χ1n) is 12.3. The second-order valence-electron chi connectivity index (χ2n) is 10.0. The Bertz CT molecular complexity index is 974. The molecule has 1 aliphatic heterocycles. The van der Waals surface area contributed by atoms with Crippen molar-refractivity contribution in [3.8, 4) is 0 Å². The van der Waals surface area contributed by atoms with Crippen LogP contribution in [0, 0.1) is 11.8 Å². The first kappa shape index (κ1) is 25.4. The molecule has 0 aromatic heterocycles. The van der Waals surface area contributed by atoms with Gasteiger partial charge in [-0.15, -0.1) is 0 Å². The number of hydrogen-bond donors (Lipinski definition) is 0. The number of rotatable bonds is 5. The smallest absolute Gasteiger partial charge is 0.416 e. The summed E-state index contributed by atoms with van der Waals surface area (Å²) in [6.45, 7) is 3.86. The van der Waals surface area contributed by atoms with Gasteiger partial charge < -0.3 is 14.4 Å². The van der Waals surface area contributed by atoms with Crippen LogP contribution in [-0.2, 0) is 15.7 Å². The number of ether oxygens (including phenoxy) is 2. The minimum Gasteiger partial charge on any atom is -0.453 e. The Hall–Kier alpha value is -2.71. The van der Waals surface area contributed by atoms with Crippen molar-refractivity contribution in [1.29, 1.82) is 0 Å². The lowest BCUT2D eigenvalue weighted by Gasteiger charge is -2.45. The second-order valence-corrected chi connectivity index (χ2v) is 10.0. The van der Waals surface area contributed by atoms with Crippen LogP contribution in [0.3, 0.4) is 0 Å². The van der Waals surface area contributed by atoms with E-state index in [1.807, 2.05) is 0 Å². The van der Waals surface area contributed by atoms with E-state index in [9.17, 15) is 22.8 Å². The predicted molar refractivity (Wildman–Crippen MR) is 125 cm³/mol. The van der Waals surface area contributed by atoms with Gasteiger partial charge in [0.15, 0.2) is 0 Å². The summed E-state index contributed by atoms with van der Waals surface area (Å²) in [7, 11) is 1.29. The Morgan fingerprint density at radius 3 is 2.49 bits per heavy atom. The first-order valence-corrected chi connectivity index (χ1v) is 12.3. The molecule has 6 nitrogen and oxygen atoms in total. The van der Waals surface area contributed by atoms with Gasteiger partial charge in [-0.2, -0.15) is 13.2 Å². The summed E-state index contributed by atoms with van der Waals surface area (Å²) in [5.74, 6) is 0.404. The van der Waals surface area contributed by atoms with Crippen molar-refractivity contribution >= 4 is 17.9 Å². The maximum atomic E-state index is 13.7. The highest BCUT2D eigenvalue weighted by Crippen LogP contribution is 2.50. The van der Waals surface area contributed by atoms with E-state index in [4.69, 9.17) is 9.47 Å². The number of carbonyl (C=O) groups excluding carboxylic acids is 2. The number of alkyl halides is 3. The number of methoxy groups -OCH3 is 1. The molecule has 0 spiro atoms. The third kappa shape index (κ3) is 5.59. The van der Waals surface area contributed by atoms with Crippen LogP contribution >= 0.6 is 0 Å². The normalized spacial score (nSPS) is 24.2. The number of carbonyl (C=O) groups is 2. The van der Waals surface area contributed by atoms with Crippen LogP contribution in [-0.4, -0.2) is 42.9 Å². The molecule has 1 heterocycles. The fourth-order valence-corrected chi connectivity index (χ4v) is 5.28. The molecule has 1 unspecified atom stereocenters. The molecule has 4 rings (SSSR count). The topological polar surface area (TPSA) is 59.1 Å². The van der Waals surface area contributed by atoms with Crippen molar-refractivity contribution in [2.45, 2.75) is 76.7 Å². The zero-order chi connectivity index (χ0) is 25.3. The molecule has 2 amide bonds. The number of fused-ring (bicyclic) bond motifs is 1. The molecule has 1 saturated carbocycles. The molecule has 9 heteroatoms. The average molecular weight is 495 g/mol. The van der Waals surface area contributed by atoms with E-state index in [0.29, 0.717) is 24.2 Å². The minimum atomic E-state index is -4.56. The average Bonchev–Trinajstić information content (AvgIpc) is 3.66. The molecular formula is C26H33F3N2O4. The molecule has 0 bridgehead atoms. The van der Waals surface area contributed by atoms with E-state index in [-0.39, 0.29) is 24.0 Å². The summed E-state index contributed by atoms with van der Waals surface area (Å²) in [6, 6.07) is 2.51. The van der Waals surface area contributed by atoms with Crippen LogP contribution in [0.5, 0.6) is 0 Å². The summed E-state index contributed by atoms with van der Waals surface area (Å²) in [5.41, 5.74) is -0.142. The highest BCUT2D eigenvalue weighted by atomic mass is 19.4. The van der Waals surface area contributed by atoms with Gasteiger partial charge in [0.1, 0.15) is 0 Å². The first-order chi connectivity index (χ1) is 16.6. The number of nitrogens with zero attached hydrogens (tertiary/aromatic N) is 2. The summed E-state index contributed by atoms with van der Waals surface area (Å²) in [6.07, 6.45) is 2.89. The minimum absolute atomic E-state index is 0.191. The van der Waals surface area contributed by atoms with Crippen LogP contribution < -0.4 is 4.90 Å². The number of allylic oxidation sites excluding steroid dienone is 2. The van der Waals surface area contributed by atoms with E-state index in [1.54, 1.807) is 18.7 Å². The molecule has 0 saturated heterocycles. The Kier molecular flexibility index (Phi) is 7.33. The van der Waals surface area contributed by atoms with Crippen molar-refractivity contribution in [2.75, 3.05) is 18.6 Å². The van der Waals surface area contributed by atoms with E-state index >= 15 is 0 Å². The van der Waals surface area contributed by atoms with Gasteiger partial charge in [-0.25, -0.2) is 9.59 Å². The molecule has 1 aromatic carbocycles. The number of anilines is 1. The van der Waals surface area contributed by atoms with Gasteiger partial charge in [-0.3, -0.25) is 4.90 Å². The van der Waals surface area contributed by atoms with Gasteiger partial charge in [0.2, 0.25) is 0 Å². The lowest BCUT2D eigenvalue weighted by molar-refractivity contribution is -0.137. The third-order valence-electron chi connectivity index (χ3n) is 7.09. The molecule has 3 atom stereocenters. The fourth-order valence-electron chi connectivity index (χ4n) is 5.28. The highest BCUT2D eigenvalue weighted by Gasteiger charge is 2.48. The van der Waals surface area contributed by atoms with Gasteiger partial charge in [0, 0.05) is 12.6 Å².